The van der Waals surface area contributed by atoms with Crippen LogP contribution < -0.4 is 4.90 Å². The molecule has 1 aromatic heterocycles. The summed E-state index contributed by atoms with van der Waals surface area (Å²) in [5.41, 5.74) is 15.9. The van der Waals surface area contributed by atoms with Crippen molar-refractivity contribution in [2.75, 3.05) is 4.90 Å². The summed E-state index contributed by atoms with van der Waals surface area (Å²) >= 11 is 0. The molecule has 0 fully saturated rings. The molecule has 1 aliphatic rings. The summed E-state index contributed by atoms with van der Waals surface area (Å²) in [6.07, 6.45) is 0. The molecule has 0 saturated carbocycles. The Kier molecular flexibility index (Phi) is 7.32. The predicted molar refractivity (Wildman–Crippen MR) is 223 cm³/mol. The number of fused-ring (bicyclic) bond motifs is 6. The van der Waals surface area contributed by atoms with Crippen molar-refractivity contribution in [3.63, 3.8) is 0 Å². The maximum Gasteiger partial charge on any atom is 0.0991 e. The number of para-hydroxylation sites is 2. The van der Waals surface area contributed by atoms with Gasteiger partial charge in [0, 0.05) is 38.9 Å². The molecule has 54 heavy (non-hydrogen) atoms. The molecule has 0 saturated heterocycles. The SMILES string of the molecule is CC1(c2ccc(N(c3ccccc3)c3ccc(-c4ccc5c(c4)c4cc(C#N)ccc4n5-c4ccccc4)cc3)cc2)c2ccccc2-c2ccccc21. The van der Waals surface area contributed by atoms with Crippen LogP contribution in [0.15, 0.2) is 194 Å². The second kappa shape index (κ2) is 12.5. The van der Waals surface area contributed by atoms with Crippen molar-refractivity contribution in [2.45, 2.75) is 12.3 Å². The fourth-order valence-corrected chi connectivity index (χ4v) is 8.66. The van der Waals surface area contributed by atoms with E-state index in [9.17, 15) is 5.26 Å². The predicted octanol–water partition coefficient (Wildman–Crippen LogP) is 13.1. The van der Waals surface area contributed by atoms with E-state index in [1.54, 1.807) is 0 Å². The number of aromatic nitrogens is 1. The van der Waals surface area contributed by atoms with Gasteiger partial charge in [-0.1, -0.05) is 115 Å². The highest BCUT2D eigenvalue weighted by Crippen LogP contribution is 2.52. The van der Waals surface area contributed by atoms with Crippen LogP contribution in [0.1, 0.15) is 29.2 Å². The molecule has 8 aromatic carbocycles. The van der Waals surface area contributed by atoms with Crippen LogP contribution in [0.4, 0.5) is 17.1 Å². The van der Waals surface area contributed by atoms with Gasteiger partial charge in [-0.2, -0.15) is 5.26 Å². The second-order valence-electron chi connectivity index (χ2n) is 14.2. The van der Waals surface area contributed by atoms with Gasteiger partial charge in [0.2, 0.25) is 0 Å². The highest BCUT2D eigenvalue weighted by atomic mass is 15.1. The molecule has 1 aliphatic carbocycles. The van der Waals surface area contributed by atoms with Crippen molar-refractivity contribution < 1.29 is 0 Å². The number of anilines is 3. The molecule has 0 bridgehead atoms. The molecule has 3 heteroatoms. The smallest absolute Gasteiger partial charge is 0.0991 e. The molecule has 0 radical (unpaired) electrons. The van der Waals surface area contributed by atoms with Gasteiger partial charge in [-0.05, 0) is 125 Å². The molecule has 3 nitrogen and oxygen atoms in total. The van der Waals surface area contributed by atoms with Gasteiger partial charge in [0.25, 0.3) is 0 Å². The molecule has 0 spiro atoms. The first-order valence-corrected chi connectivity index (χ1v) is 18.4. The van der Waals surface area contributed by atoms with Crippen molar-refractivity contribution in [2.24, 2.45) is 0 Å². The molecule has 0 atom stereocenters. The highest BCUT2D eigenvalue weighted by molar-refractivity contribution is 6.11. The first-order valence-electron chi connectivity index (χ1n) is 18.4. The van der Waals surface area contributed by atoms with Crippen LogP contribution >= 0.6 is 0 Å². The standard InChI is InChI=1S/C51H35N3/c1-51(47-18-10-8-16-43(47)44-17-9-11-19-48(44)51)38-24-28-42(29-25-38)53(39-12-4-2-5-13-39)41-26-21-36(22-27-41)37-23-31-50-46(33-37)45-32-35(34-52)20-30-49(45)54(50)40-14-6-3-7-15-40/h2-33H,1H3. The van der Waals surface area contributed by atoms with Gasteiger partial charge in [-0.15, -0.1) is 0 Å². The van der Waals surface area contributed by atoms with Gasteiger partial charge in [-0.3, -0.25) is 0 Å². The zero-order chi connectivity index (χ0) is 36.2. The quantitative estimate of drug-likeness (QED) is 0.174. The lowest BCUT2D eigenvalue weighted by Gasteiger charge is -2.30. The lowest BCUT2D eigenvalue weighted by molar-refractivity contribution is 0.714. The van der Waals surface area contributed by atoms with E-state index in [2.05, 4.69) is 198 Å². The van der Waals surface area contributed by atoms with Crippen LogP contribution in [0.25, 0.3) is 49.7 Å². The minimum absolute atomic E-state index is 0.240. The summed E-state index contributed by atoms with van der Waals surface area (Å²) in [5.74, 6) is 0. The molecule has 0 amide bonds. The van der Waals surface area contributed by atoms with Gasteiger partial charge >= 0.3 is 0 Å². The van der Waals surface area contributed by atoms with Gasteiger partial charge in [0.1, 0.15) is 0 Å². The summed E-state index contributed by atoms with van der Waals surface area (Å²) in [7, 11) is 0. The Morgan fingerprint density at radius 3 is 1.61 bits per heavy atom. The number of hydrogen-bond acceptors (Lipinski definition) is 2. The van der Waals surface area contributed by atoms with Crippen LogP contribution in [-0.2, 0) is 5.41 Å². The van der Waals surface area contributed by atoms with E-state index in [0.717, 1.165) is 55.7 Å². The van der Waals surface area contributed by atoms with Gasteiger partial charge in [0.05, 0.1) is 22.7 Å². The maximum atomic E-state index is 9.75. The molecule has 9 aromatic rings. The highest BCUT2D eigenvalue weighted by Gasteiger charge is 2.40. The van der Waals surface area contributed by atoms with E-state index >= 15 is 0 Å². The average Bonchev–Trinajstić information content (AvgIpc) is 3.71. The minimum atomic E-state index is -0.240. The topological polar surface area (TPSA) is 32.0 Å². The third-order valence-electron chi connectivity index (χ3n) is 11.3. The average molecular weight is 690 g/mol. The van der Waals surface area contributed by atoms with E-state index in [1.165, 1.54) is 27.8 Å². The van der Waals surface area contributed by atoms with Crippen LogP contribution in [0.3, 0.4) is 0 Å². The van der Waals surface area contributed by atoms with Crippen molar-refractivity contribution in [3.8, 4) is 34.0 Å². The number of nitrogens with zero attached hydrogens (tertiary/aromatic N) is 3. The van der Waals surface area contributed by atoms with E-state index in [0.29, 0.717) is 5.56 Å². The number of nitriles is 1. The van der Waals surface area contributed by atoms with Crippen molar-refractivity contribution in [1.29, 1.82) is 5.26 Å². The van der Waals surface area contributed by atoms with Crippen LogP contribution in [0.2, 0.25) is 0 Å². The Morgan fingerprint density at radius 2 is 0.981 bits per heavy atom. The Bertz CT molecular complexity index is 2830. The molecule has 0 unspecified atom stereocenters. The van der Waals surface area contributed by atoms with Gasteiger partial charge in [0.15, 0.2) is 0 Å². The third-order valence-corrected chi connectivity index (χ3v) is 11.3. The van der Waals surface area contributed by atoms with Crippen LogP contribution in [0, 0.1) is 11.3 Å². The number of rotatable bonds is 6. The number of hydrogen-bond donors (Lipinski definition) is 0. The van der Waals surface area contributed by atoms with Crippen LogP contribution in [0.5, 0.6) is 0 Å². The van der Waals surface area contributed by atoms with Gasteiger partial charge < -0.3 is 9.47 Å². The largest absolute Gasteiger partial charge is 0.311 e. The zero-order valence-electron chi connectivity index (χ0n) is 29.8. The second-order valence-corrected chi connectivity index (χ2v) is 14.2. The molecular weight excluding hydrogens is 655 g/mol. The van der Waals surface area contributed by atoms with Crippen LogP contribution in [-0.4, -0.2) is 4.57 Å². The van der Waals surface area contributed by atoms with Crippen molar-refractivity contribution >= 4 is 38.9 Å². The van der Waals surface area contributed by atoms with Crippen molar-refractivity contribution in [1.82, 2.24) is 4.57 Å². The van der Waals surface area contributed by atoms with E-state index in [-0.39, 0.29) is 5.41 Å². The lowest BCUT2D eigenvalue weighted by Crippen LogP contribution is -2.22. The first-order chi connectivity index (χ1) is 26.6. The Labute approximate surface area is 315 Å². The fourth-order valence-electron chi connectivity index (χ4n) is 8.66. The van der Waals surface area contributed by atoms with E-state index in [1.807, 2.05) is 18.2 Å². The van der Waals surface area contributed by atoms with E-state index in [4.69, 9.17) is 0 Å². The summed E-state index contributed by atoms with van der Waals surface area (Å²) in [6, 6.07) is 71.6. The third kappa shape index (κ3) is 4.89. The lowest BCUT2D eigenvalue weighted by atomic mass is 9.74. The van der Waals surface area contributed by atoms with Gasteiger partial charge in [-0.25, -0.2) is 0 Å². The summed E-state index contributed by atoms with van der Waals surface area (Å²) in [4.78, 5) is 2.33. The minimum Gasteiger partial charge on any atom is -0.311 e. The molecule has 0 N–H and O–H groups in total. The fraction of sp³-hybridized carbons (Fsp3) is 0.0392. The Balaban J connectivity index is 1.04. The monoisotopic (exact) mass is 689 g/mol. The Morgan fingerprint density at radius 1 is 0.481 bits per heavy atom. The summed E-state index contributed by atoms with van der Waals surface area (Å²) in [5, 5.41) is 11.9. The maximum absolute atomic E-state index is 9.75. The molecule has 10 rings (SSSR count). The molecule has 254 valence electrons. The molecule has 1 heterocycles. The van der Waals surface area contributed by atoms with E-state index < -0.39 is 0 Å². The summed E-state index contributed by atoms with van der Waals surface area (Å²) in [6.45, 7) is 2.36. The zero-order valence-corrected chi connectivity index (χ0v) is 29.8. The molecule has 0 aliphatic heterocycles. The normalized spacial score (nSPS) is 12.7. The first kappa shape index (κ1) is 31.6. The molecular formula is C51H35N3. The van der Waals surface area contributed by atoms with Crippen molar-refractivity contribution in [3.05, 3.63) is 216 Å². The Hall–Kier alpha value is -7.15. The number of benzene rings is 8. The summed E-state index contributed by atoms with van der Waals surface area (Å²) < 4.78 is 2.28.